The molecule has 0 spiro atoms. The molecule has 0 aromatic heterocycles. The predicted octanol–water partition coefficient (Wildman–Crippen LogP) is 2.58. The lowest BCUT2D eigenvalue weighted by Gasteiger charge is -2.33. The Morgan fingerprint density at radius 1 is 0.912 bits per heavy atom. The number of amides is 1. The van der Waals surface area contributed by atoms with E-state index in [0.717, 1.165) is 5.75 Å². The molecule has 0 aliphatic carbocycles. The molecule has 0 unspecified atom stereocenters. The van der Waals surface area contributed by atoms with Crippen LogP contribution in [-0.4, -0.2) is 75.5 Å². The van der Waals surface area contributed by atoms with Gasteiger partial charge in [0.05, 0.1) is 24.5 Å². The molecular weight excluding hydrogens is 484 g/mol. The second-order valence-corrected chi connectivity index (χ2v) is 9.78. The first-order chi connectivity index (χ1) is 16.3. The summed E-state index contributed by atoms with van der Waals surface area (Å²) in [5.74, 6) is 0.405. The van der Waals surface area contributed by atoms with Crippen LogP contribution in [0.4, 0.5) is 0 Å². The van der Waals surface area contributed by atoms with E-state index in [2.05, 4.69) is 0 Å². The van der Waals surface area contributed by atoms with Gasteiger partial charge in [0.15, 0.2) is 6.61 Å². The maximum atomic E-state index is 12.7. The maximum Gasteiger partial charge on any atom is 0.309 e. The van der Waals surface area contributed by atoms with Crippen LogP contribution < -0.4 is 9.47 Å². The maximum absolute atomic E-state index is 12.7. The van der Waals surface area contributed by atoms with Crippen molar-refractivity contribution in [3.05, 3.63) is 53.6 Å². The van der Waals surface area contributed by atoms with Crippen molar-refractivity contribution in [2.75, 3.05) is 46.0 Å². The smallest absolute Gasteiger partial charge is 0.309 e. The van der Waals surface area contributed by atoms with Gasteiger partial charge in [-0.1, -0.05) is 11.6 Å². The number of piperazine rings is 1. The van der Waals surface area contributed by atoms with E-state index < -0.39 is 22.6 Å². The Morgan fingerprint density at radius 2 is 1.50 bits per heavy atom. The van der Waals surface area contributed by atoms with Gasteiger partial charge in [-0.3, -0.25) is 9.59 Å². The van der Waals surface area contributed by atoms with E-state index >= 15 is 0 Å². The lowest BCUT2D eigenvalue weighted by atomic mass is 10.3. The van der Waals surface area contributed by atoms with Crippen LogP contribution >= 0.6 is 11.6 Å². The van der Waals surface area contributed by atoms with Crippen LogP contribution in [0.2, 0.25) is 5.02 Å². The molecule has 0 radical (unpaired) electrons. The van der Waals surface area contributed by atoms with Gasteiger partial charge in [0, 0.05) is 31.2 Å². The van der Waals surface area contributed by atoms with E-state index in [0.29, 0.717) is 17.4 Å². The van der Waals surface area contributed by atoms with E-state index in [1.807, 2.05) is 6.92 Å². The van der Waals surface area contributed by atoms with Gasteiger partial charge in [-0.25, -0.2) is 8.42 Å². The average Bonchev–Trinajstić information content (AvgIpc) is 2.84. The van der Waals surface area contributed by atoms with Crippen LogP contribution in [0.3, 0.4) is 0 Å². The molecule has 2 aromatic carbocycles. The summed E-state index contributed by atoms with van der Waals surface area (Å²) < 4.78 is 42.7. The van der Waals surface area contributed by atoms with Crippen molar-refractivity contribution in [1.29, 1.82) is 0 Å². The van der Waals surface area contributed by atoms with Crippen molar-refractivity contribution < 1.29 is 32.2 Å². The zero-order valence-corrected chi connectivity index (χ0v) is 20.4. The molecule has 0 atom stereocenters. The largest absolute Gasteiger partial charge is 0.494 e. The first-order valence-corrected chi connectivity index (χ1v) is 12.7. The van der Waals surface area contributed by atoms with E-state index in [9.17, 15) is 18.0 Å². The minimum Gasteiger partial charge on any atom is -0.494 e. The Morgan fingerprint density at radius 3 is 2.09 bits per heavy atom. The molecule has 0 N–H and O–H groups in total. The molecule has 1 amide bonds. The highest BCUT2D eigenvalue weighted by Crippen LogP contribution is 2.20. The van der Waals surface area contributed by atoms with Gasteiger partial charge in [-0.2, -0.15) is 4.31 Å². The minimum atomic E-state index is -3.66. The van der Waals surface area contributed by atoms with E-state index in [1.54, 1.807) is 24.3 Å². The summed E-state index contributed by atoms with van der Waals surface area (Å²) in [5, 5.41) is 0.451. The molecule has 34 heavy (non-hydrogen) atoms. The van der Waals surface area contributed by atoms with Crippen molar-refractivity contribution >= 4 is 33.5 Å². The third-order valence-corrected chi connectivity index (χ3v) is 7.27. The summed E-state index contributed by atoms with van der Waals surface area (Å²) in [6.07, 6.45) is -0.00634. The number of esters is 1. The number of sulfonamides is 1. The third kappa shape index (κ3) is 7.09. The topological polar surface area (TPSA) is 102 Å². The zero-order chi connectivity index (χ0) is 24.6. The van der Waals surface area contributed by atoms with Crippen molar-refractivity contribution in [3.63, 3.8) is 0 Å². The second-order valence-electron chi connectivity index (χ2n) is 7.40. The van der Waals surface area contributed by atoms with Crippen LogP contribution in [0.25, 0.3) is 0 Å². The molecule has 2 aromatic rings. The van der Waals surface area contributed by atoms with E-state index in [1.165, 1.54) is 33.5 Å². The first kappa shape index (κ1) is 25.8. The molecule has 1 aliphatic rings. The molecule has 11 heteroatoms. The van der Waals surface area contributed by atoms with Gasteiger partial charge in [0.2, 0.25) is 10.0 Å². The summed E-state index contributed by atoms with van der Waals surface area (Å²) in [6, 6.07) is 13.0. The summed E-state index contributed by atoms with van der Waals surface area (Å²) in [6.45, 7) is 2.92. The van der Waals surface area contributed by atoms with Crippen LogP contribution in [0.5, 0.6) is 11.5 Å². The number of hydrogen-bond donors (Lipinski definition) is 0. The predicted molar refractivity (Wildman–Crippen MR) is 125 cm³/mol. The Kier molecular flexibility index (Phi) is 9.14. The van der Waals surface area contributed by atoms with E-state index in [-0.39, 0.29) is 50.0 Å². The number of ether oxygens (including phenoxy) is 3. The number of carbonyl (C=O) groups excluding carboxylic acids is 2. The molecule has 1 aliphatic heterocycles. The van der Waals surface area contributed by atoms with Crippen LogP contribution in [0, 0.1) is 0 Å². The molecule has 184 valence electrons. The molecule has 9 nitrogen and oxygen atoms in total. The van der Waals surface area contributed by atoms with Crippen LogP contribution in [0.15, 0.2) is 53.4 Å². The Hall–Kier alpha value is -2.82. The molecule has 0 bridgehead atoms. The van der Waals surface area contributed by atoms with Crippen molar-refractivity contribution in [2.24, 2.45) is 0 Å². The van der Waals surface area contributed by atoms with Gasteiger partial charge in [0.1, 0.15) is 11.5 Å². The highest BCUT2D eigenvalue weighted by molar-refractivity contribution is 7.89. The number of carbonyl (C=O) groups is 2. The van der Waals surface area contributed by atoms with Crippen LogP contribution in [-0.2, 0) is 24.3 Å². The zero-order valence-electron chi connectivity index (χ0n) is 18.8. The first-order valence-electron chi connectivity index (χ1n) is 10.8. The van der Waals surface area contributed by atoms with Gasteiger partial charge in [-0.05, 0) is 55.5 Å². The van der Waals surface area contributed by atoms with Crippen molar-refractivity contribution in [1.82, 2.24) is 9.21 Å². The highest BCUT2D eigenvalue weighted by Gasteiger charge is 2.30. The molecule has 1 saturated heterocycles. The Balaban J connectivity index is 1.37. The van der Waals surface area contributed by atoms with E-state index in [4.69, 9.17) is 25.8 Å². The fraction of sp³-hybridized carbons (Fsp3) is 0.391. The van der Waals surface area contributed by atoms with Gasteiger partial charge >= 0.3 is 5.97 Å². The Labute approximate surface area is 204 Å². The molecule has 1 heterocycles. The van der Waals surface area contributed by atoms with Crippen LogP contribution in [0.1, 0.15) is 13.3 Å². The summed E-state index contributed by atoms with van der Waals surface area (Å²) in [7, 11) is -3.66. The molecule has 1 fully saturated rings. The van der Waals surface area contributed by atoms with Crippen molar-refractivity contribution in [3.8, 4) is 11.5 Å². The quantitative estimate of drug-likeness (QED) is 0.453. The van der Waals surface area contributed by atoms with Gasteiger partial charge in [0.25, 0.3) is 5.91 Å². The number of hydrogen-bond acceptors (Lipinski definition) is 7. The lowest BCUT2D eigenvalue weighted by Crippen LogP contribution is -2.51. The summed E-state index contributed by atoms with van der Waals surface area (Å²) >= 11 is 5.82. The Bertz CT molecular complexity index is 1070. The fourth-order valence-electron chi connectivity index (χ4n) is 3.29. The summed E-state index contributed by atoms with van der Waals surface area (Å²) in [4.78, 5) is 25.9. The van der Waals surface area contributed by atoms with Gasteiger partial charge in [-0.15, -0.1) is 0 Å². The standard InChI is InChI=1S/C23H27ClN2O7S/c1-2-31-19-5-7-20(8-6-19)32-16-11-23(28)33-17-22(27)25-12-14-26(15-13-25)34(29,30)21-9-3-18(24)4-10-21/h3-10H,2,11-17H2,1H3. The number of rotatable bonds is 10. The fourth-order valence-corrected chi connectivity index (χ4v) is 4.84. The molecule has 0 saturated carbocycles. The number of halogens is 1. The SMILES string of the molecule is CCOc1ccc(OCCC(=O)OCC(=O)N2CCN(S(=O)(=O)c3ccc(Cl)cc3)CC2)cc1. The average molecular weight is 511 g/mol. The number of benzene rings is 2. The highest BCUT2D eigenvalue weighted by atomic mass is 35.5. The minimum absolute atomic E-state index is 0.00634. The molecule has 3 rings (SSSR count). The lowest BCUT2D eigenvalue weighted by molar-refractivity contribution is -0.152. The van der Waals surface area contributed by atoms with Crippen molar-refractivity contribution in [2.45, 2.75) is 18.2 Å². The monoisotopic (exact) mass is 510 g/mol. The third-order valence-electron chi connectivity index (χ3n) is 5.11. The van der Waals surface area contributed by atoms with Gasteiger partial charge < -0.3 is 19.1 Å². The second kappa shape index (κ2) is 12.0. The normalized spacial score (nSPS) is 14.5. The summed E-state index contributed by atoms with van der Waals surface area (Å²) in [5.41, 5.74) is 0. The molecular formula is C23H27ClN2O7S. The number of nitrogens with zero attached hydrogens (tertiary/aromatic N) is 2.